The maximum Gasteiger partial charge on any atom is 0.339 e. The number of carbonyl (C=O) groups excluding carboxylic acids is 1. The fourth-order valence-corrected chi connectivity index (χ4v) is 3.89. The Morgan fingerprint density at radius 2 is 1.56 bits per heavy atom. The summed E-state index contributed by atoms with van der Waals surface area (Å²) in [4.78, 5) is 12.6. The fourth-order valence-electron chi connectivity index (χ4n) is 2.96. The summed E-state index contributed by atoms with van der Waals surface area (Å²) in [7, 11) is -3.96. The standard InChI is InChI=1S/C25H22N2O4S/c1-17-4-11-23(12-5-17)32(29,30)31-22-9-7-20(8-10-22)15-21(16-26)25(28)27-24-13-6-18(2)14-19(24)3/h4-15H,1-3H3,(H,27,28)/b21-15+. The quantitative estimate of drug-likeness (QED) is 0.329. The topological polar surface area (TPSA) is 96.3 Å². The molecular formula is C25H22N2O4S. The predicted molar refractivity (Wildman–Crippen MR) is 124 cm³/mol. The summed E-state index contributed by atoms with van der Waals surface area (Å²) in [5.74, 6) is -0.400. The molecule has 0 atom stereocenters. The lowest BCUT2D eigenvalue weighted by Crippen LogP contribution is -2.14. The molecule has 0 aliphatic rings. The Morgan fingerprint density at radius 1 is 0.938 bits per heavy atom. The third kappa shape index (κ3) is 5.62. The number of hydrogen-bond acceptors (Lipinski definition) is 5. The van der Waals surface area contributed by atoms with Crippen molar-refractivity contribution in [3.63, 3.8) is 0 Å². The van der Waals surface area contributed by atoms with E-state index in [0.29, 0.717) is 11.3 Å². The molecule has 1 N–H and O–H groups in total. The Labute approximate surface area is 187 Å². The van der Waals surface area contributed by atoms with Crippen molar-refractivity contribution in [1.29, 1.82) is 5.26 Å². The van der Waals surface area contributed by atoms with Gasteiger partial charge >= 0.3 is 10.1 Å². The van der Waals surface area contributed by atoms with Gasteiger partial charge in [-0.1, -0.05) is 47.5 Å². The van der Waals surface area contributed by atoms with E-state index in [-0.39, 0.29) is 16.2 Å². The van der Waals surface area contributed by atoms with Crippen LogP contribution in [0.15, 0.2) is 77.2 Å². The van der Waals surface area contributed by atoms with E-state index >= 15 is 0 Å². The third-order valence-electron chi connectivity index (χ3n) is 4.70. The number of aryl methyl sites for hydroxylation is 3. The first kappa shape index (κ1) is 22.8. The molecule has 0 saturated heterocycles. The van der Waals surface area contributed by atoms with Gasteiger partial charge < -0.3 is 9.50 Å². The van der Waals surface area contributed by atoms with E-state index in [1.54, 1.807) is 30.3 Å². The van der Waals surface area contributed by atoms with Gasteiger partial charge in [-0.25, -0.2) is 0 Å². The number of anilines is 1. The first-order valence-corrected chi connectivity index (χ1v) is 11.2. The maximum absolute atomic E-state index is 12.5. The number of benzene rings is 3. The molecule has 0 aromatic heterocycles. The van der Waals surface area contributed by atoms with Gasteiger partial charge in [0.1, 0.15) is 22.3 Å². The molecule has 6 nitrogen and oxygen atoms in total. The molecule has 0 saturated carbocycles. The van der Waals surface area contributed by atoms with Gasteiger partial charge in [0.2, 0.25) is 0 Å². The van der Waals surface area contributed by atoms with Crippen LogP contribution in [-0.4, -0.2) is 14.3 Å². The number of carbonyl (C=O) groups is 1. The second kappa shape index (κ2) is 9.50. The van der Waals surface area contributed by atoms with E-state index < -0.39 is 16.0 Å². The highest BCUT2D eigenvalue weighted by Crippen LogP contribution is 2.21. The Bertz CT molecular complexity index is 1320. The molecule has 32 heavy (non-hydrogen) atoms. The van der Waals surface area contributed by atoms with Crippen molar-refractivity contribution in [3.8, 4) is 11.8 Å². The number of hydrogen-bond donors (Lipinski definition) is 1. The van der Waals surface area contributed by atoms with Crippen LogP contribution >= 0.6 is 0 Å². The minimum Gasteiger partial charge on any atom is -0.379 e. The molecular weight excluding hydrogens is 424 g/mol. The molecule has 7 heteroatoms. The van der Waals surface area contributed by atoms with Crippen molar-refractivity contribution in [2.24, 2.45) is 0 Å². The van der Waals surface area contributed by atoms with Gasteiger partial charge in [-0.05, 0) is 68.3 Å². The summed E-state index contributed by atoms with van der Waals surface area (Å²) in [6.45, 7) is 5.70. The van der Waals surface area contributed by atoms with Gasteiger partial charge in [0.25, 0.3) is 5.91 Å². The summed E-state index contributed by atoms with van der Waals surface area (Å²) in [6.07, 6.45) is 1.43. The van der Waals surface area contributed by atoms with Gasteiger partial charge in [0, 0.05) is 5.69 Å². The highest BCUT2D eigenvalue weighted by atomic mass is 32.2. The number of amides is 1. The lowest BCUT2D eigenvalue weighted by Gasteiger charge is -2.09. The van der Waals surface area contributed by atoms with Crippen LogP contribution in [0.2, 0.25) is 0 Å². The van der Waals surface area contributed by atoms with Crippen LogP contribution in [0.3, 0.4) is 0 Å². The first-order chi connectivity index (χ1) is 15.2. The summed E-state index contributed by atoms with van der Waals surface area (Å²) < 4.78 is 30.0. The zero-order valence-electron chi connectivity index (χ0n) is 17.9. The van der Waals surface area contributed by atoms with Gasteiger partial charge in [0.05, 0.1) is 0 Å². The van der Waals surface area contributed by atoms with E-state index in [2.05, 4.69) is 5.32 Å². The predicted octanol–water partition coefficient (Wildman–Crippen LogP) is 4.93. The van der Waals surface area contributed by atoms with E-state index in [1.165, 1.54) is 30.3 Å². The minimum atomic E-state index is -3.96. The highest BCUT2D eigenvalue weighted by Gasteiger charge is 2.16. The van der Waals surface area contributed by atoms with Crippen molar-refractivity contribution in [2.45, 2.75) is 25.7 Å². The normalized spacial score (nSPS) is 11.5. The molecule has 0 unspecified atom stereocenters. The Balaban J connectivity index is 1.74. The molecule has 3 rings (SSSR count). The van der Waals surface area contributed by atoms with E-state index in [9.17, 15) is 18.5 Å². The zero-order valence-corrected chi connectivity index (χ0v) is 18.7. The maximum atomic E-state index is 12.5. The first-order valence-electron chi connectivity index (χ1n) is 9.79. The average molecular weight is 447 g/mol. The van der Waals surface area contributed by atoms with Crippen molar-refractivity contribution < 1.29 is 17.4 Å². The molecule has 3 aromatic rings. The molecule has 1 amide bonds. The number of rotatable bonds is 6. The lowest BCUT2D eigenvalue weighted by atomic mass is 10.1. The second-order valence-electron chi connectivity index (χ2n) is 7.36. The van der Waals surface area contributed by atoms with Crippen LogP contribution < -0.4 is 9.50 Å². The van der Waals surface area contributed by atoms with Crippen molar-refractivity contribution >= 4 is 27.8 Å². The van der Waals surface area contributed by atoms with Crippen LogP contribution in [0.1, 0.15) is 22.3 Å². The molecule has 0 fully saturated rings. The van der Waals surface area contributed by atoms with Crippen LogP contribution in [0.4, 0.5) is 5.69 Å². The Morgan fingerprint density at radius 3 is 2.16 bits per heavy atom. The minimum absolute atomic E-state index is 0.0573. The van der Waals surface area contributed by atoms with Crippen LogP contribution in [0.5, 0.6) is 5.75 Å². The smallest absolute Gasteiger partial charge is 0.339 e. The zero-order chi connectivity index (χ0) is 23.3. The van der Waals surface area contributed by atoms with Crippen molar-refractivity contribution in [3.05, 3.63) is 94.6 Å². The molecule has 3 aromatic carbocycles. The average Bonchev–Trinajstić information content (AvgIpc) is 2.75. The van der Waals surface area contributed by atoms with Crippen molar-refractivity contribution in [2.75, 3.05) is 5.32 Å². The molecule has 0 radical (unpaired) electrons. The molecule has 0 spiro atoms. The SMILES string of the molecule is Cc1ccc(S(=O)(=O)Oc2ccc(/C=C(\C#N)C(=O)Nc3ccc(C)cc3C)cc2)cc1. The summed E-state index contributed by atoms with van der Waals surface area (Å²) in [6, 6.07) is 19.9. The molecule has 0 aliphatic heterocycles. The van der Waals surface area contributed by atoms with Crippen LogP contribution in [0, 0.1) is 32.1 Å². The Hall–Kier alpha value is -3.89. The molecule has 162 valence electrons. The monoisotopic (exact) mass is 446 g/mol. The van der Waals surface area contributed by atoms with Crippen LogP contribution in [0.25, 0.3) is 6.08 Å². The van der Waals surface area contributed by atoms with E-state index in [1.807, 2.05) is 39.0 Å². The highest BCUT2D eigenvalue weighted by molar-refractivity contribution is 7.87. The third-order valence-corrected chi connectivity index (χ3v) is 5.96. The summed E-state index contributed by atoms with van der Waals surface area (Å²) in [5, 5.41) is 12.2. The van der Waals surface area contributed by atoms with E-state index in [4.69, 9.17) is 4.18 Å². The largest absolute Gasteiger partial charge is 0.379 e. The van der Waals surface area contributed by atoms with Gasteiger partial charge in [-0.3, -0.25) is 4.79 Å². The fraction of sp³-hybridized carbons (Fsp3) is 0.120. The van der Waals surface area contributed by atoms with Gasteiger partial charge in [-0.15, -0.1) is 0 Å². The van der Waals surface area contributed by atoms with E-state index in [0.717, 1.165) is 16.7 Å². The number of nitrogens with one attached hydrogen (secondary N) is 1. The molecule has 0 heterocycles. The lowest BCUT2D eigenvalue weighted by molar-refractivity contribution is -0.112. The van der Waals surface area contributed by atoms with Crippen LogP contribution in [-0.2, 0) is 14.9 Å². The second-order valence-corrected chi connectivity index (χ2v) is 8.91. The summed E-state index contributed by atoms with van der Waals surface area (Å²) >= 11 is 0. The molecule has 0 bridgehead atoms. The Kier molecular flexibility index (Phi) is 6.76. The van der Waals surface area contributed by atoms with Crippen molar-refractivity contribution in [1.82, 2.24) is 0 Å². The molecule has 0 aliphatic carbocycles. The summed E-state index contributed by atoms with van der Waals surface area (Å²) in [5.41, 5.74) is 4.01. The van der Waals surface area contributed by atoms with Gasteiger partial charge in [0.15, 0.2) is 0 Å². The van der Waals surface area contributed by atoms with Gasteiger partial charge in [-0.2, -0.15) is 13.7 Å². The number of nitriles is 1. The number of nitrogens with zero attached hydrogens (tertiary/aromatic N) is 1.